The molecule has 0 saturated carbocycles. The summed E-state index contributed by atoms with van der Waals surface area (Å²) in [5.41, 5.74) is 5.86. The van der Waals surface area contributed by atoms with Gasteiger partial charge in [-0.1, -0.05) is 0 Å². The highest BCUT2D eigenvalue weighted by atomic mass is 16.5. The fraction of sp³-hybridized carbons (Fsp3) is 0.286. The minimum Gasteiger partial charge on any atom is -0.494 e. The number of benzene rings is 1. The van der Waals surface area contributed by atoms with E-state index in [0.29, 0.717) is 24.3 Å². The lowest BCUT2D eigenvalue weighted by molar-refractivity contribution is -0.118. The molecule has 1 aromatic carbocycles. The molecule has 0 aliphatic rings. The van der Waals surface area contributed by atoms with Crippen LogP contribution < -0.4 is 15.9 Å². The van der Waals surface area contributed by atoms with Crippen molar-refractivity contribution in [2.75, 3.05) is 6.61 Å². The van der Waals surface area contributed by atoms with E-state index in [4.69, 9.17) is 10.5 Å². The average molecular weight is 260 g/mol. The standard InChI is InChI=1S/C14H16N2O3/c1-2-19-10-3-4-11-12(9-10)16(7-5-13(11)17)8-6-14(15)18/h3-5,7,9H,2,6,8H2,1H3,(H2,15,18). The number of pyridine rings is 1. The molecular formula is C14H16N2O3. The van der Waals surface area contributed by atoms with Gasteiger partial charge in [-0.25, -0.2) is 0 Å². The van der Waals surface area contributed by atoms with Crippen LogP contribution in [0.25, 0.3) is 10.9 Å². The number of amides is 1. The van der Waals surface area contributed by atoms with Crippen LogP contribution in [-0.4, -0.2) is 17.1 Å². The molecule has 1 heterocycles. The molecule has 1 amide bonds. The van der Waals surface area contributed by atoms with E-state index in [1.165, 1.54) is 6.07 Å². The number of carbonyl (C=O) groups is 1. The predicted molar refractivity (Wildman–Crippen MR) is 73.2 cm³/mol. The highest BCUT2D eigenvalue weighted by Crippen LogP contribution is 2.18. The Balaban J connectivity index is 2.50. The van der Waals surface area contributed by atoms with Gasteiger partial charge in [0.1, 0.15) is 5.75 Å². The third kappa shape index (κ3) is 2.93. The zero-order valence-electron chi connectivity index (χ0n) is 10.8. The molecule has 100 valence electrons. The second-order valence-electron chi connectivity index (χ2n) is 4.20. The Morgan fingerprint density at radius 1 is 1.37 bits per heavy atom. The van der Waals surface area contributed by atoms with Crippen LogP contribution in [0.5, 0.6) is 5.75 Å². The fourth-order valence-corrected chi connectivity index (χ4v) is 1.97. The SMILES string of the molecule is CCOc1ccc2c(=O)ccn(CCC(N)=O)c2c1. The Morgan fingerprint density at radius 3 is 2.84 bits per heavy atom. The van der Waals surface area contributed by atoms with Gasteiger partial charge in [0.2, 0.25) is 5.91 Å². The monoisotopic (exact) mass is 260 g/mol. The summed E-state index contributed by atoms with van der Waals surface area (Å²) in [6, 6.07) is 6.81. The predicted octanol–water partition coefficient (Wildman–Crippen LogP) is 1.28. The molecule has 19 heavy (non-hydrogen) atoms. The molecule has 0 saturated heterocycles. The van der Waals surface area contributed by atoms with Crippen molar-refractivity contribution in [3.8, 4) is 5.75 Å². The Morgan fingerprint density at radius 2 is 2.16 bits per heavy atom. The quantitative estimate of drug-likeness (QED) is 0.879. The highest BCUT2D eigenvalue weighted by molar-refractivity contribution is 5.80. The van der Waals surface area contributed by atoms with E-state index in [1.54, 1.807) is 24.4 Å². The average Bonchev–Trinajstić information content (AvgIpc) is 2.38. The zero-order valence-corrected chi connectivity index (χ0v) is 10.8. The topological polar surface area (TPSA) is 74.3 Å². The number of nitrogens with two attached hydrogens (primary N) is 1. The molecule has 0 aliphatic carbocycles. The number of primary amides is 1. The maximum atomic E-state index is 11.8. The van der Waals surface area contributed by atoms with Gasteiger partial charge in [0.05, 0.1) is 12.1 Å². The van der Waals surface area contributed by atoms with Crippen molar-refractivity contribution in [2.24, 2.45) is 5.73 Å². The van der Waals surface area contributed by atoms with Crippen molar-refractivity contribution in [3.05, 3.63) is 40.7 Å². The molecule has 5 nitrogen and oxygen atoms in total. The first-order valence-electron chi connectivity index (χ1n) is 6.16. The molecule has 1 aromatic heterocycles. The Labute approximate surface area is 110 Å². The molecule has 0 unspecified atom stereocenters. The van der Waals surface area contributed by atoms with Crippen LogP contribution in [0.15, 0.2) is 35.3 Å². The number of rotatable bonds is 5. The van der Waals surface area contributed by atoms with Crippen molar-refractivity contribution >= 4 is 16.8 Å². The van der Waals surface area contributed by atoms with Gasteiger partial charge in [-0.2, -0.15) is 0 Å². The number of carbonyl (C=O) groups excluding carboxylic acids is 1. The number of aryl methyl sites for hydroxylation is 1. The van der Waals surface area contributed by atoms with E-state index in [2.05, 4.69) is 0 Å². The second kappa shape index (κ2) is 5.56. The third-order valence-electron chi connectivity index (χ3n) is 2.86. The van der Waals surface area contributed by atoms with E-state index in [1.807, 2.05) is 11.5 Å². The summed E-state index contributed by atoms with van der Waals surface area (Å²) in [6.45, 7) is 2.90. The summed E-state index contributed by atoms with van der Waals surface area (Å²) in [7, 11) is 0. The number of hydrogen-bond acceptors (Lipinski definition) is 3. The number of aromatic nitrogens is 1. The molecule has 0 bridgehead atoms. The van der Waals surface area contributed by atoms with Crippen molar-refractivity contribution in [3.63, 3.8) is 0 Å². The van der Waals surface area contributed by atoms with E-state index < -0.39 is 0 Å². The normalized spacial score (nSPS) is 10.6. The largest absolute Gasteiger partial charge is 0.494 e. The van der Waals surface area contributed by atoms with Crippen LogP contribution in [0.4, 0.5) is 0 Å². The van der Waals surface area contributed by atoms with Crippen molar-refractivity contribution in [2.45, 2.75) is 19.9 Å². The van der Waals surface area contributed by atoms with Crippen LogP contribution in [-0.2, 0) is 11.3 Å². The Kier molecular flexibility index (Phi) is 3.85. The molecule has 2 rings (SSSR count). The minimum absolute atomic E-state index is 0.0478. The first kappa shape index (κ1) is 13.1. The van der Waals surface area contributed by atoms with Crippen LogP contribution in [0.1, 0.15) is 13.3 Å². The lowest BCUT2D eigenvalue weighted by Gasteiger charge is -2.11. The molecule has 0 atom stereocenters. The lowest BCUT2D eigenvalue weighted by Crippen LogP contribution is -2.15. The molecule has 0 aliphatic heterocycles. The summed E-state index contributed by atoms with van der Waals surface area (Å²) in [5, 5.41) is 0.607. The third-order valence-corrected chi connectivity index (χ3v) is 2.86. The van der Waals surface area contributed by atoms with E-state index in [9.17, 15) is 9.59 Å². The summed E-state index contributed by atoms with van der Waals surface area (Å²) in [4.78, 5) is 22.7. The molecule has 0 radical (unpaired) electrons. The van der Waals surface area contributed by atoms with Crippen LogP contribution in [0, 0.1) is 0 Å². The molecule has 2 N–H and O–H groups in total. The molecule has 0 fully saturated rings. The van der Waals surface area contributed by atoms with Gasteiger partial charge in [0.25, 0.3) is 0 Å². The van der Waals surface area contributed by atoms with Gasteiger partial charge >= 0.3 is 0 Å². The van der Waals surface area contributed by atoms with E-state index in [-0.39, 0.29) is 17.8 Å². The molecular weight excluding hydrogens is 244 g/mol. The van der Waals surface area contributed by atoms with Crippen LogP contribution >= 0.6 is 0 Å². The lowest BCUT2D eigenvalue weighted by atomic mass is 10.2. The van der Waals surface area contributed by atoms with Gasteiger partial charge in [-0.05, 0) is 19.1 Å². The van der Waals surface area contributed by atoms with E-state index in [0.717, 1.165) is 5.52 Å². The van der Waals surface area contributed by atoms with Crippen LogP contribution in [0.2, 0.25) is 0 Å². The molecule has 0 spiro atoms. The number of nitrogens with zero attached hydrogens (tertiary/aromatic N) is 1. The van der Waals surface area contributed by atoms with Gasteiger partial charge in [0.15, 0.2) is 5.43 Å². The number of fused-ring (bicyclic) bond motifs is 1. The maximum Gasteiger partial charge on any atom is 0.219 e. The second-order valence-corrected chi connectivity index (χ2v) is 4.20. The minimum atomic E-state index is -0.368. The first-order chi connectivity index (χ1) is 9.11. The van der Waals surface area contributed by atoms with Crippen LogP contribution in [0.3, 0.4) is 0 Å². The van der Waals surface area contributed by atoms with Gasteiger partial charge < -0.3 is 15.0 Å². The molecule has 5 heteroatoms. The first-order valence-corrected chi connectivity index (χ1v) is 6.16. The van der Waals surface area contributed by atoms with Crippen molar-refractivity contribution in [1.29, 1.82) is 0 Å². The number of hydrogen-bond donors (Lipinski definition) is 1. The fourth-order valence-electron chi connectivity index (χ4n) is 1.97. The van der Waals surface area contributed by atoms with Crippen molar-refractivity contribution in [1.82, 2.24) is 4.57 Å². The smallest absolute Gasteiger partial charge is 0.219 e. The summed E-state index contributed by atoms with van der Waals surface area (Å²) >= 11 is 0. The maximum absolute atomic E-state index is 11.8. The Bertz CT molecular complexity index is 661. The Hall–Kier alpha value is -2.30. The summed E-state index contributed by atoms with van der Waals surface area (Å²) in [5.74, 6) is 0.334. The zero-order chi connectivity index (χ0) is 13.8. The summed E-state index contributed by atoms with van der Waals surface area (Å²) in [6.07, 6.45) is 1.90. The summed E-state index contributed by atoms with van der Waals surface area (Å²) < 4.78 is 7.26. The van der Waals surface area contributed by atoms with Gasteiger partial charge in [-0.15, -0.1) is 0 Å². The van der Waals surface area contributed by atoms with E-state index >= 15 is 0 Å². The van der Waals surface area contributed by atoms with Gasteiger partial charge in [0, 0.05) is 36.7 Å². The highest BCUT2D eigenvalue weighted by Gasteiger charge is 2.05. The van der Waals surface area contributed by atoms with Crippen molar-refractivity contribution < 1.29 is 9.53 Å². The van der Waals surface area contributed by atoms with Gasteiger partial charge in [-0.3, -0.25) is 9.59 Å². The number of ether oxygens (including phenoxy) is 1. The molecule has 2 aromatic rings.